The fourth-order valence-electron chi connectivity index (χ4n) is 4.03. The van der Waals surface area contributed by atoms with Gasteiger partial charge >= 0.3 is 0 Å². The summed E-state index contributed by atoms with van der Waals surface area (Å²) in [7, 11) is 1.70. The van der Waals surface area contributed by atoms with E-state index in [1.165, 1.54) is 11.8 Å². The Morgan fingerprint density at radius 2 is 2.03 bits per heavy atom. The minimum atomic E-state index is -0.301. The maximum atomic E-state index is 12.9. The first-order valence-corrected chi connectivity index (χ1v) is 11.1. The lowest BCUT2D eigenvalue weighted by molar-refractivity contribution is -0.123. The molecular weight excluding hydrogens is 404 g/mol. The molecule has 2 fully saturated rings. The Morgan fingerprint density at radius 3 is 2.59 bits per heavy atom. The second-order valence-corrected chi connectivity index (χ2v) is 9.73. The van der Waals surface area contributed by atoms with E-state index in [1.54, 1.807) is 23.4 Å². The maximum absolute atomic E-state index is 12.9. The van der Waals surface area contributed by atoms with Gasteiger partial charge in [0.2, 0.25) is 0 Å². The van der Waals surface area contributed by atoms with E-state index in [-0.39, 0.29) is 23.1 Å². The van der Waals surface area contributed by atoms with Crippen molar-refractivity contribution in [1.29, 1.82) is 5.26 Å². The highest BCUT2D eigenvalue weighted by Crippen LogP contribution is 2.37. The van der Waals surface area contributed by atoms with Crippen LogP contribution in [0.3, 0.4) is 0 Å². The van der Waals surface area contributed by atoms with Gasteiger partial charge in [0.05, 0.1) is 4.91 Å². The lowest BCUT2D eigenvalue weighted by Gasteiger charge is -2.35. The summed E-state index contributed by atoms with van der Waals surface area (Å²) in [6, 6.07) is 2.02. The zero-order valence-electron chi connectivity index (χ0n) is 17.5. The molecule has 0 aliphatic carbocycles. The van der Waals surface area contributed by atoms with Crippen molar-refractivity contribution < 1.29 is 4.79 Å². The van der Waals surface area contributed by atoms with E-state index in [0.29, 0.717) is 20.7 Å². The number of carbonyl (C=O) groups excluding carboxylic acids is 1. The smallest absolute Gasteiger partial charge is 0.270 e. The average molecular weight is 431 g/mol. The van der Waals surface area contributed by atoms with Crippen LogP contribution >= 0.6 is 24.0 Å². The third-order valence-electron chi connectivity index (χ3n) is 5.54. The molecule has 0 aromatic carbocycles. The summed E-state index contributed by atoms with van der Waals surface area (Å²) >= 11 is 6.67. The molecule has 2 aliphatic rings. The summed E-state index contributed by atoms with van der Waals surface area (Å²) < 4.78 is 2.09. The van der Waals surface area contributed by atoms with Gasteiger partial charge in [0.15, 0.2) is 0 Å². The molecule has 154 valence electrons. The van der Waals surface area contributed by atoms with E-state index in [2.05, 4.69) is 11.8 Å². The van der Waals surface area contributed by atoms with Crippen molar-refractivity contribution in [3.8, 4) is 6.07 Å². The molecule has 1 unspecified atom stereocenters. The Hall–Kier alpha value is -2.11. The Kier molecular flexibility index (Phi) is 6.20. The summed E-state index contributed by atoms with van der Waals surface area (Å²) in [6.07, 6.45) is 4.01. The Balaban J connectivity index is 2.21. The van der Waals surface area contributed by atoms with Crippen LogP contribution < -0.4 is 10.5 Å². The first-order chi connectivity index (χ1) is 13.7. The van der Waals surface area contributed by atoms with Gasteiger partial charge in [-0.1, -0.05) is 30.9 Å². The number of hydrogen-bond donors (Lipinski definition) is 0. The topological polar surface area (TPSA) is 69.3 Å². The maximum Gasteiger partial charge on any atom is 0.270 e. The molecule has 1 aromatic rings. The molecular formula is C21H26N4O2S2. The average Bonchev–Trinajstić information content (AvgIpc) is 2.93. The van der Waals surface area contributed by atoms with Crippen LogP contribution in [0.2, 0.25) is 0 Å². The summed E-state index contributed by atoms with van der Waals surface area (Å²) in [6.45, 7) is 9.53. The van der Waals surface area contributed by atoms with E-state index < -0.39 is 0 Å². The van der Waals surface area contributed by atoms with Crippen LogP contribution in [0.4, 0.5) is 5.82 Å². The fraction of sp³-hybridized carbons (Fsp3) is 0.524. The molecule has 2 saturated heterocycles. The fourth-order valence-corrected chi connectivity index (χ4v) is 5.54. The standard InChI is InChI=1S/C21H26N4O2S2/c1-12(2)25-20(27)17(29-21(25)28)9-15-14(4)16(10-22)19(26)23(5)18(15)24-8-6-7-13(3)11-24/h9,12-13H,6-8,11H2,1-5H3. The van der Waals surface area contributed by atoms with Crippen LogP contribution in [0, 0.1) is 24.2 Å². The van der Waals surface area contributed by atoms with Crippen molar-refractivity contribution in [3.63, 3.8) is 0 Å². The van der Waals surface area contributed by atoms with Crippen molar-refractivity contribution in [2.24, 2.45) is 13.0 Å². The highest BCUT2D eigenvalue weighted by molar-refractivity contribution is 8.26. The zero-order chi connectivity index (χ0) is 21.5. The first kappa shape index (κ1) is 21.6. The third-order valence-corrected chi connectivity index (χ3v) is 6.87. The number of thioether (sulfide) groups is 1. The second-order valence-electron chi connectivity index (χ2n) is 8.05. The normalized spacial score (nSPS) is 21.4. The van der Waals surface area contributed by atoms with Gasteiger partial charge in [-0.25, -0.2) is 0 Å². The van der Waals surface area contributed by atoms with Gasteiger partial charge in [0, 0.05) is 31.7 Å². The van der Waals surface area contributed by atoms with Crippen molar-refractivity contribution >= 4 is 46.1 Å². The molecule has 8 heteroatoms. The Morgan fingerprint density at radius 1 is 1.34 bits per heavy atom. The number of hydrogen-bond acceptors (Lipinski definition) is 6. The predicted octanol–water partition coefficient (Wildman–Crippen LogP) is 3.41. The van der Waals surface area contributed by atoms with Gasteiger partial charge in [0.25, 0.3) is 11.5 Å². The molecule has 1 aromatic heterocycles. The van der Waals surface area contributed by atoms with Gasteiger partial charge < -0.3 is 4.90 Å². The summed E-state index contributed by atoms with van der Waals surface area (Å²) in [4.78, 5) is 30.1. The third kappa shape index (κ3) is 3.86. The molecule has 0 spiro atoms. The SMILES string of the molecule is Cc1c(C=C2SC(=S)N(C(C)C)C2=O)c(N2CCCC(C)C2)n(C)c(=O)c1C#N. The molecule has 2 aliphatic heterocycles. The Bertz CT molecular complexity index is 1000. The number of carbonyl (C=O) groups is 1. The quantitative estimate of drug-likeness (QED) is 0.541. The molecule has 0 N–H and O–H groups in total. The number of anilines is 1. The molecule has 1 atom stereocenters. The van der Waals surface area contributed by atoms with E-state index in [4.69, 9.17) is 12.2 Å². The summed E-state index contributed by atoms with van der Waals surface area (Å²) in [5.74, 6) is 1.16. The lowest BCUT2D eigenvalue weighted by Crippen LogP contribution is -2.39. The molecule has 0 saturated carbocycles. The second kappa shape index (κ2) is 8.33. The number of aromatic nitrogens is 1. The van der Waals surface area contributed by atoms with Crippen LogP contribution in [0.15, 0.2) is 9.70 Å². The number of pyridine rings is 1. The van der Waals surface area contributed by atoms with E-state index in [9.17, 15) is 14.9 Å². The van der Waals surface area contributed by atoms with Gasteiger partial charge in [0.1, 0.15) is 21.8 Å². The predicted molar refractivity (Wildman–Crippen MR) is 122 cm³/mol. The summed E-state index contributed by atoms with van der Waals surface area (Å²) in [5.41, 5.74) is 1.18. The van der Waals surface area contributed by atoms with Crippen molar-refractivity contribution in [2.45, 2.75) is 46.6 Å². The first-order valence-electron chi connectivity index (χ1n) is 9.83. The van der Waals surface area contributed by atoms with Crippen LogP contribution in [-0.2, 0) is 11.8 Å². The minimum absolute atomic E-state index is 0.0216. The van der Waals surface area contributed by atoms with Crippen LogP contribution in [0.5, 0.6) is 0 Å². The number of nitrogens with zero attached hydrogens (tertiary/aromatic N) is 4. The van der Waals surface area contributed by atoms with Crippen LogP contribution in [0.25, 0.3) is 6.08 Å². The number of amides is 1. The van der Waals surface area contributed by atoms with Crippen molar-refractivity contribution in [3.05, 3.63) is 31.9 Å². The molecule has 0 radical (unpaired) electrons. The largest absolute Gasteiger partial charge is 0.357 e. The zero-order valence-corrected chi connectivity index (χ0v) is 19.1. The molecule has 1 amide bonds. The molecule has 29 heavy (non-hydrogen) atoms. The molecule has 3 heterocycles. The molecule has 6 nitrogen and oxygen atoms in total. The lowest BCUT2D eigenvalue weighted by atomic mass is 9.98. The van der Waals surface area contributed by atoms with Gasteiger partial charge in [-0.05, 0) is 51.2 Å². The number of thiocarbonyl (C=S) groups is 1. The number of nitriles is 1. The molecule has 3 rings (SSSR count). The van der Waals surface area contributed by atoms with Crippen LogP contribution in [0.1, 0.15) is 50.3 Å². The van der Waals surface area contributed by atoms with E-state index >= 15 is 0 Å². The van der Waals surface area contributed by atoms with Crippen LogP contribution in [-0.4, -0.2) is 38.8 Å². The molecule has 0 bridgehead atoms. The highest BCUT2D eigenvalue weighted by Gasteiger charge is 2.34. The minimum Gasteiger partial charge on any atom is -0.357 e. The number of rotatable bonds is 3. The van der Waals surface area contributed by atoms with Crippen molar-refractivity contribution in [1.82, 2.24) is 9.47 Å². The van der Waals surface area contributed by atoms with Gasteiger partial charge in [-0.3, -0.25) is 19.1 Å². The number of piperidine rings is 1. The van der Waals surface area contributed by atoms with Gasteiger partial charge in [-0.2, -0.15) is 5.26 Å². The van der Waals surface area contributed by atoms with Gasteiger partial charge in [-0.15, -0.1) is 0 Å². The van der Waals surface area contributed by atoms with Crippen molar-refractivity contribution in [2.75, 3.05) is 18.0 Å². The van der Waals surface area contributed by atoms with E-state index in [0.717, 1.165) is 37.3 Å². The van der Waals surface area contributed by atoms with E-state index in [1.807, 2.05) is 26.0 Å². The summed E-state index contributed by atoms with van der Waals surface area (Å²) in [5, 5.41) is 9.56. The monoisotopic (exact) mass is 430 g/mol. The highest BCUT2D eigenvalue weighted by atomic mass is 32.2. The Labute approximate surface area is 181 Å².